The molecule has 0 fully saturated rings. The van der Waals surface area contributed by atoms with Crippen molar-refractivity contribution in [3.8, 4) is 0 Å². The fourth-order valence-electron chi connectivity index (χ4n) is 5.07. The molecule has 256 valence electrons. The maximum atomic E-state index is 12.1. The van der Waals surface area contributed by atoms with Gasteiger partial charge in [0.2, 0.25) is 0 Å². The van der Waals surface area contributed by atoms with Crippen LogP contribution in [0.5, 0.6) is 0 Å². The average Bonchev–Trinajstić information content (AvgIpc) is 2.95. The fourth-order valence-corrected chi connectivity index (χ4v) is 5.07. The van der Waals surface area contributed by atoms with Crippen LogP contribution in [0.1, 0.15) is 142 Å². The zero-order valence-electron chi connectivity index (χ0n) is 29.7. The molecule has 7 nitrogen and oxygen atoms in total. The smallest absolute Gasteiger partial charge is 0.305 e. The Kier molecular flexibility index (Phi) is 27.5. The van der Waals surface area contributed by atoms with E-state index in [2.05, 4.69) is 42.0 Å². The number of ether oxygens (including phenoxy) is 3. The molecule has 0 saturated carbocycles. The van der Waals surface area contributed by atoms with Gasteiger partial charge in [-0.25, -0.2) is 0 Å². The Labute approximate surface area is 267 Å². The maximum absolute atomic E-state index is 12.1. The number of carbonyl (C=O) groups is 2. The number of rotatable bonds is 32. The molecule has 0 N–H and O–H groups in total. The molecule has 0 radical (unpaired) electrons. The van der Waals surface area contributed by atoms with Crippen LogP contribution in [0.25, 0.3) is 0 Å². The van der Waals surface area contributed by atoms with Crippen LogP contribution in [-0.2, 0) is 23.8 Å². The molecule has 0 aliphatic rings. The Hall–Kier alpha value is -1.18. The van der Waals surface area contributed by atoms with E-state index in [0.717, 1.165) is 60.8 Å². The molecule has 0 heterocycles. The van der Waals surface area contributed by atoms with Gasteiger partial charge in [-0.2, -0.15) is 0 Å². The fraction of sp³-hybridized carbons (Fsp3) is 0.944. The first kappa shape index (κ1) is 41.8. The van der Waals surface area contributed by atoms with Gasteiger partial charge in [-0.05, 0) is 12.8 Å². The highest BCUT2D eigenvalue weighted by Crippen LogP contribution is 2.12. The summed E-state index contributed by atoms with van der Waals surface area (Å²) in [5, 5.41) is 0. The van der Waals surface area contributed by atoms with Gasteiger partial charge in [-0.1, -0.05) is 117 Å². The molecule has 0 aromatic rings. The van der Waals surface area contributed by atoms with Crippen molar-refractivity contribution in [3.05, 3.63) is 0 Å². The molecule has 0 aliphatic carbocycles. The van der Waals surface area contributed by atoms with Gasteiger partial charge in [0.1, 0.15) is 39.4 Å². The molecule has 7 heteroatoms. The summed E-state index contributed by atoms with van der Waals surface area (Å²) in [7, 11) is 8.61. The molecular weight excluding hydrogens is 540 g/mol. The van der Waals surface area contributed by atoms with Crippen molar-refractivity contribution in [2.24, 2.45) is 0 Å². The Morgan fingerprint density at radius 2 is 0.698 bits per heavy atom. The predicted octanol–water partition coefficient (Wildman–Crippen LogP) is 8.08. The van der Waals surface area contributed by atoms with Gasteiger partial charge < -0.3 is 23.2 Å². The monoisotopic (exact) mass is 615 g/mol. The summed E-state index contributed by atoms with van der Waals surface area (Å²) in [6, 6.07) is 0. The number of quaternary nitrogens is 2. The molecular formula is C36H74N2O5+2. The lowest BCUT2D eigenvalue weighted by Gasteiger charge is -2.31. The molecule has 0 rings (SSSR count). The second kappa shape index (κ2) is 28.3. The van der Waals surface area contributed by atoms with Gasteiger partial charge in [0.25, 0.3) is 0 Å². The topological polar surface area (TPSA) is 61.8 Å². The minimum atomic E-state index is -0.0617. The van der Waals surface area contributed by atoms with Crippen molar-refractivity contribution in [2.75, 3.05) is 80.8 Å². The maximum Gasteiger partial charge on any atom is 0.305 e. The van der Waals surface area contributed by atoms with Gasteiger partial charge in [-0.3, -0.25) is 9.59 Å². The van der Waals surface area contributed by atoms with Gasteiger partial charge in [0, 0.05) is 12.8 Å². The third kappa shape index (κ3) is 30.6. The van der Waals surface area contributed by atoms with E-state index in [-0.39, 0.29) is 11.9 Å². The summed E-state index contributed by atoms with van der Waals surface area (Å²) < 4.78 is 18.5. The molecule has 0 bridgehead atoms. The van der Waals surface area contributed by atoms with Crippen molar-refractivity contribution in [1.82, 2.24) is 0 Å². The van der Waals surface area contributed by atoms with E-state index in [4.69, 9.17) is 14.2 Å². The SMILES string of the molecule is CCCCCCCCCCCC(=O)OCC[N+](C)(C)CCOCC[N+](C)(C)CCOC(=O)CCCCCCCCCCC. The minimum absolute atomic E-state index is 0.0617. The third-order valence-corrected chi connectivity index (χ3v) is 8.57. The number of likely N-dealkylation sites (N-methyl/N-ethyl adjacent to an activating group) is 2. The Morgan fingerprint density at radius 3 is 1.02 bits per heavy atom. The van der Waals surface area contributed by atoms with E-state index in [0.29, 0.717) is 39.3 Å². The standard InChI is InChI=1S/C36H74N2O5/c1-7-9-11-13-15-17-19-21-23-25-35(39)42-33-29-37(3,4)27-31-41-32-28-38(5,6)30-34-43-36(40)26-24-22-20-18-16-14-12-10-8-2/h7-34H2,1-6H3/q+2. The van der Waals surface area contributed by atoms with Gasteiger partial charge in [0.15, 0.2) is 0 Å². The lowest BCUT2D eigenvalue weighted by Crippen LogP contribution is -2.46. The van der Waals surface area contributed by atoms with Crippen LogP contribution in [0.2, 0.25) is 0 Å². The van der Waals surface area contributed by atoms with Gasteiger partial charge in [0.05, 0.1) is 41.4 Å². The van der Waals surface area contributed by atoms with Crippen molar-refractivity contribution in [1.29, 1.82) is 0 Å². The molecule has 43 heavy (non-hydrogen) atoms. The van der Waals surface area contributed by atoms with E-state index >= 15 is 0 Å². The average molecular weight is 615 g/mol. The summed E-state index contributed by atoms with van der Waals surface area (Å²) in [6.45, 7) is 10.1. The van der Waals surface area contributed by atoms with E-state index in [9.17, 15) is 9.59 Å². The highest BCUT2D eigenvalue weighted by Gasteiger charge is 2.18. The minimum Gasteiger partial charge on any atom is -0.460 e. The Bertz CT molecular complexity index is 600. The second-order valence-electron chi connectivity index (χ2n) is 14.0. The summed E-state index contributed by atoms with van der Waals surface area (Å²) in [4.78, 5) is 24.1. The third-order valence-electron chi connectivity index (χ3n) is 8.57. The van der Waals surface area contributed by atoms with Crippen LogP contribution < -0.4 is 0 Å². The largest absolute Gasteiger partial charge is 0.460 e. The number of esters is 2. The van der Waals surface area contributed by atoms with Crippen LogP contribution in [0, 0.1) is 0 Å². The van der Waals surface area contributed by atoms with Crippen molar-refractivity contribution in [2.45, 2.75) is 142 Å². The lowest BCUT2D eigenvalue weighted by atomic mass is 10.1. The molecule has 0 unspecified atom stereocenters. The lowest BCUT2D eigenvalue weighted by molar-refractivity contribution is -0.894. The second-order valence-corrected chi connectivity index (χ2v) is 14.0. The van der Waals surface area contributed by atoms with Crippen LogP contribution in [0.3, 0.4) is 0 Å². The van der Waals surface area contributed by atoms with Gasteiger partial charge >= 0.3 is 11.9 Å². The van der Waals surface area contributed by atoms with Crippen molar-refractivity contribution >= 4 is 11.9 Å². The zero-order valence-corrected chi connectivity index (χ0v) is 29.7. The Morgan fingerprint density at radius 1 is 0.419 bits per heavy atom. The van der Waals surface area contributed by atoms with E-state index < -0.39 is 0 Å². The summed E-state index contributed by atoms with van der Waals surface area (Å²) in [5.41, 5.74) is 0. The molecule has 0 aliphatic heterocycles. The zero-order chi connectivity index (χ0) is 32.1. The number of unbranched alkanes of at least 4 members (excludes halogenated alkanes) is 16. The van der Waals surface area contributed by atoms with Crippen LogP contribution in [0.4, 0.5) is 0 Å². The van der Waals surface area contributed by atoms with Gasteiger partial charge in [-0.15, -0.1) is 0 Å². The first-order valence-electron chi connectivity index (χ1n) is 18.1. The highest BCUT2D eigenvalue weighted by atomic mass is 16.5. The molecule has 0 spiro atoms. The molecule has 0 amide bonds. The van der Waals surface area contributed by atoms with Crippen molar-refractivity contribution < 1.29 is 32.8 Å². The van der Waals surface area contributed by atoms with Crippen LogP contribution in [0.15, 0.2) is 0 Å². The molecule has 0 saturated heterocycles. The quantitative estimate of drug-likeness (QED) is 0.0435. The number of nitrogens with zero attached hydrogens (tertiary/aromatic N) is 2. The molecule has 0 atom stereocenters. The van der Waals surface area contributed by atoms with Crippen molar-refractivity contribution in [3.63, 3.8) is 0 Å². The first-order chi connectivity index (χ1) is 20.6. The summed E-state index contributed by atoms with van der Waals surface area (Å²) >= 11 is 0. The number of hydrogen-bond acceptors (Lipinski definition) is 5. The number of carbonyl (C=O) groups excluding carboxylic acids is 2. The first-order valence-corrected chi connectivity index (χ1v) is 18.1. The molecule has 0 aromatic carbocycles. The van der Waals surface area contributed by atoms with Crippen LogP contribution in [-0.4, -0.2) is 102 Å². The number of hydrogen-bond donors (Lipinski definition) is 0. The summed E-state index contributed by atoms with van der Waals surface area (Å²) in [6.07, 6.45) is 23.6. The van der Waals surface area contributed by atoms with E-state index in [1.807, 2.05) is 0 Å². The normalized spacial score (nSPS) is 12.0. The summed E-state index contributed by atoms with van der Waals surface area (Å²) in [5.74, 6) is -0.123. The van der Waals surface area contributed by atoms with E-state index in [1.54, 1.807) is 0 Å². The highest BCUT2D eigenvalue weighted by molar-refractivity contribution is 5.69. The van der Waals surface area contributed by atoms with E-state index in [1.165, 1.54) is 89.9 Å². The Balaban J connectivity index is 3.72. The van der Waals surface area contributed by atoms with Crippen LogP contribution >= 0.6 is 0 Å². The predicted molar refractivity (Wildman–Crippen MR) is 180 cm³/mol. The molecule has 0 aromatic heterocycles.